The van der Waals surface area contributed by atoms with E-state index in [9.17, 15) is 9.59 Å². The number of carbonyl (C=O) groups excluding carboxylic acids is 1. The smallest absolute Gasteiger partial charge is 0.317 e. The second-order valence-corrected chi connectivity index (χ2v) is 6.89. The van der Waals surface area contributed by atoms with Crippen LogP contribution in [0.4, 0.5) is 4.79 Å². The molecule has 1 saturated heterocycles. The number of rotatable bonds is 9. The predicted molar refractivity (Wildman–Crippen MR) is 96.2 cm³/mol. The quantitative estimate of drug-likeness (QED) is 0.676. The van der Waals surface area contributed by atoms with Crippen LogP contribution >= 0.6 is 0 Å². The van der Waals surface area contributed by atoms with Crippen LogP contribution in [0.2, 0.25) is 0 Å². The highest BCUT2D eigenvalue weighted by atomic mass is 16.4. The Labute approximate surface area is 146 Å². The molecule has 1 aliphatic heterocycles. The minimum absolute atomic E-state index is 0.0226. The lowest BCUT2D eigenvalue weighted by molar-refractivity contribution is -0.139. The van der Waals surface area contributed by atoms with Crippen LogP contribution in [-0.2, 0) is 4.79 Å². The Morgan fingerprint density at radius 1 is 1.12 bits per heavy atom. The second kappa shape index (κ2) is 9.87. The lowest BCUT2D eigenvalue weighted by Crippen LogP contribution is -2.51. The number of nitrogens with zero attached hydrogens (tertiary/aromatic N) is 2. The molecule has 0 aliphatic carbocycles. The molecule has 2 amide bonds. The highest BCUT2D eigenvalue weighted by molar-refractivity contribution is 5.74. The maximum absolute atomic E-state index is 12.4. The van der Waals surface area contributed by atoms with Crippen molar-refractivity contribution in [3.8, 4) is 0 Å². The molecule has 2 N–H and O–H groups in total. The van der Waals surface area contributed by atoms with Crippen LogP contribution in [-0.4, -0.2) is 65.7 Å². The lowest BCUT2D eigenvalue weighted by atomic mass is 9.80. The molecular weight excluding hydrogens is 306 g/mol. The van der Waals surface area contributed by atoms with Crippen molar-refractivity contribution in [2.45, 2.75) is 65.8 Å². The summed E-state index contributed by atoms with van der Waals surface area (Å²) in [7, 11) is 0. The van der Waals surface area contributed by atoms with Crippen LogP contribution in [0.5, 0.6) is 0 Å². The van der Waals surface area contributed by atoms with Gasteiger partial charge in [0.1, 0.15) is 0 Å². The average Bonchev–Trinajstić information content (AvgIpc) is 2.61. The number of nitrogens with one attached hydrogen (secondary N) is 1. The van der Waals surface area contributed by atoms with Crippen LogP contribution < -0.4 is 5.32 Å². The van der Waals surface area contributed by atoms with Gasteiger partial charge in [-0.25, -0.2) is 4.79 Å². The second-order valence-electron chi connectivity index (χ2n) is 6.89. The summed E-state index contributed by atoms with van der Waals surface area (Å²) in [5.74, 6) is -0.785. The number of hydrogen-bond donors (Lipinski definition) is 2. The Balaban J connectivity index is 2.46. The van der Waals surface area contributed by atoms with Crippen molar-refractivity contribution in [3.05, 3.63) is 0 Å². The number of urea groups is 1. The van der Waals surface area contributed by atoms with E-state index in [2.05, 4.69) is 26.1 Å². The van der Waals surface area contributed by atoms with Gasteiger partial charge in [0.2, 0.25) is 0 Å². The summed E-state index contributed by atoms with van der Waals surface area (Å²) in [6.45, 7) is 11.5. The SMILES string of the molecule is CCN(CC(=O)O)C1CCN(C(=O)NCC(CC)(CC)CC)CC1. The Morgan fingerprint density at radius 2 is 1.67 bits per heavy atom. The van der Waals surface area contributed by atoms with Gasteiger partial charge in [-0.1, -0.05) is 27.7 Å². The van der Waals surface area contributed by atoms with Crippen molar-refractivity contribution in [1.29, 1.82) is 0 Å². The number of likely N-dealkylation sites (tertiary alicyclic amines) is 1. The molecule has 0 aromatic carbocycles. The summed E-state index contributed by atoms with van der Waals surface area (Å²) in [5, 5.41) is 12.1. The van der Waals surface area contributed by atoms with E-state index in [4.69, 9.17) is 5.11 Å². The van der Waals surface area contributed by atoms with Crippen molar-refractivity contribution in [2.24, 2.45) is 5.41 Å². The molecule has 6 nitrogen and oxygen atoms in total. The van der Waals surface area contributed by atoms with Gasteiger partial charge in [-0.15, -0.1) is 0 Å². The number of carboxylic acids is 1. The van der Waals surface area contributed by atoms with Crippen molar-refractivity contribution in [2.75, 3.05) is 32.7 Å². The molecule has 0 aromatic rings. The standard InChI is InChI=1S/C18H35N3O3/c1-5-18(6-2,7-3)14-19-17(24)21-11-9-15(10-12-21)20(8-4)13-16(22)23/h15H,5-14H2,1-4H3,(H,19,24)(H,22,23). The van der Waals surface area contributed by atoms with Gasteiger partial charge in [-0.2, -0.15) is 0 Å². The summed E-state index contributed by atoms with van der Waals surface area (Å²) < 4.78 is 0. The fraction of sp³-hybridized carbons (Fsp3) is 0.889. The third-order valence-corrected chi connectivity index (χ3v) is 5.88. The van der Waals surface area contributed by atoms with Gasteiger partial charge >= 0.3 is 12.0 Å². The number of carbonyl (C=O) groups is 2. The Morgan fingerprint density at radius 3 is 2.08 bits per heavy atom. The van der Waals surface area contributed by atoms with E-state index < -0.39 is 5.97 Å². The van der Waals surface area contributed by atoms with E-state index in [0.29, 0.717) is 13.1 Å². The molecule has 0 atom stereocenters. The van der Waals surface area contributed by atoms with Gasteiger partial charge in [0.05, 0.1) is 6.54 Å². The maximum Gasteiger partial charge on any atom is 0.317 e. The van der Waals surface area contributed by atoms with Gasteiger partial charge in [-0.3, -0.25) is 9.69 Å². The Kier molecular flexibility index (Phi) is 8.53. The molecule has 1 heterocycles. The zero-order valence-corrected chi connectivity index (χ0v) is 15.8. The summed E-state index contributed by atoms with van der Waals surface area (Å²) in [5.41, 5.74) is 0.203. The summed E-state index contributed by atoms with van der Waals surface area (Å²) >= 11 is 0. The molecule has 0 bridgehead atoms. The van der Waals surface area contributed by atoms with Gasteiger partial charge in [0.25, 0.3) is 0 Å². The van der Waals surface area contributed by atoms with E-state index in [1.165, 1.54) is 0 Å². The van der Waals surface area contributed by atoms with E-state index in [0.717, 1.165) is 45.2 Å². The summed E-state index contributed by atoms with van der Waals surface area (Å²) in [6.07, 6.45) is 4.90. The van der Waals surface area contributed by atoms with E-state index in [1.54, 1.807) is 0 Å². The first-order valence-electron chi connectivity index (χ1n) is 9.39. The average molecular weight is 341 g/mol. The van der Waals surface area contributed by atoms with E-state index >= 15 is 0 Å². The first-order chi connectivity index (χ1) is 11.4. The van der Waals surface area contributed by atoms with Crippen molar-refractivity contribution in [1.82, 2.24) is 15.1 Å². The number of aliphatic carboxylic acids is 1. The molecule has 1 fully saturated rings. The molecule has 140 valence electrons. The van der Waals surface area contributed by atoms with Crippen molar-refractivity contribution in [3.63, 3.8) is 0 Å². The monoisotopic (exact) mass is 341 g/mol. The van der Waals surface area contributed by atoms with Crippen LogP contribution in [0.25, 0.3) is 0 Å². The lowest BCUT2D eigenvalue weighted by Gasteiger charge is -2.38. The van der Waals surface area contributed by atoms with Crippen LogP contribution in [0.1, 0.15) is 59.8 Å². The van der Waals surface area contributed by atoms with Gasteiger partial charge < -0.3 is 15.3 Å². The Hall–Kier alpha value is -1.30. The molecule has 0 radical (unpaired) electrons. The van der Waals surface area contributed by atoms with Crippen LogP contribution in [0.15, 0.2) is 0 Å². The van der Waals surface area contributed by atoms with Crippen molar-refractivity contribution < 1.29 is 14.7 Å². The zero-order valence-electron chi connectivity index (χ0n) is 15.8. The minimum Gasteiger partial charge on any atom is -0.480 e. The summed E-state index contributed by atoms with van der Waals surface area (Å²) in [4.78, 5) is 27.2. The Bertz CT molecular complexity index is 394. The topological polar surface area (TPSA) is 72.9 Å². The summed E-state index contributed by atoms with van der Waals surface area (Å²) in [6, 6.07) is 0.283. The molecule has 1 aliphatic rings. The molecule has 0 spiro atoms. The van der Waals surface area contributed by atoms with Crippen molar-refractivity contribution >= 4 is 12.0 Å². The molecule has 0 aromatic heterocycles. The molecular formula is C18H35N3O3. The first kappa shape index (κ1) is 20.7. The number of piperidine rings is 1. The fourth-order valence-corrected chi connectivity index (χ4v) is 3.61. The molecule has 1 rings (SSSR count). The third kappa shape index (κ3) is 5.65. The highest BCUT2D eigenvalue weighted by Crippen LogP contribution is 2.29. The van der Waals surface area contributed by atoms with Gasteiger partial charge in [0, 0.05) is 25.7 Å². The highest BCUT2D eigenvalue weighted by Gasteiger charge is 2.29. The molecule has 0 saturated carbocycles. The maximum atomic E-state index is 12.4. The number of carboxylic acid groups (broad SMARTS) is 1. The van der Waals surface area contributed by atoms with Gasteiger partial charge in [0.15, 0.2) is 0 Å². The zero-order chi connectivity index (χ0) is 18.2. The molecule has 24 heavy (non-hydrogen) atoms. The van der Waals surface area contributed by atoms with Crippen LogP contribution in [0, 0.1) is 5.41 Å². The fourth-order valence-electron chi connectivity index (χ4n) is 3.61. The third-order valence-electron chi connectivity index (χ3n) is 5.88. The van der Waals surface area contributed by atoms with E-state index in [1.807, 2.05) is 16.7 Å². The normalized spacial score (nSPS) is 16.5. The largest absolute Gasteiger partial charge is 0.480 e. The molecule has 6 heteroatoms. The van der Waals surface area contributed by atoms with Gasteiger partial charge in [-0.05, 0) is 44.1 Å². The number of amides is 2. The number of likely N-dealkylation sites (N-methyl/N-ethyl adjacent to an activating group) is 1. The van der Waals surface area contributed by atoms with Crippen LogP contribution in [0.3, 0.4) is 0 Å². The first-order valence-corrected chi connectivity index (χ1v) is 9.39. The number of hydrogen-bond acceptors (Lipinski definition) is 3. The van der Waals surface area contributed by atoms with E-state index in [-0.39, 0.29) is 24.0 Å². The molecule has 0 unspecified atom stereocenters. The minimum atomic E-state index is -0.785. The predicted octanol–water partition coefficient (Wildman–Crippen LogP) is 2.78.